The maximum absolute atomic E-state index is 13.1. The van der Waals surface area contributed by atoms with Crippen LogP contribution in [0.1, 0.15) is 63.6 Å². The molecule has 0 bridgehead atoms. The van der Waals surface area contributed by atoms with Crippen LogP contribution in [0.15, 0.2) is 24.3 Å². The van der Waals surface area contributed by atoms with Crippen LogP contribution in [0.2, 0.25) is 0 Å². The first-order chi connectivity index (χ1) is 18.2. The molecule has 2 saturated heterocycles. The number of carbonyl (C=O) groups excluding carboxylic acids is 2. The van der Waals surface area contributed by atoms with Crippen molar-refractivity contribution in [1.29, 1.82) is 0 Å². The fraction of sp³-hybridized carbons (Fsp3) is 0.621. The quantitative estimate of drug-likeness (QED) is 0.622. The Hall–Kier alpha value is -3.07. The van der Waals surface area contributed by atoms with Crippen LogP contribution < -0.4 is 15.4 Å². The predicted molar refractivity (Wildman–Crippen MR) is 143 cm³/mol. The molecule has 2 amide bonds. The number of hydrogen-bond acceptors (Lipinski definition) is 6. The normalized spacial score (nSPS) is 23.2. The number of rotatable bonds is 5. The minimum absolute atomic E-state index is 0.0174. The van der Waals surface area contributed by atoms with Gasteiger partial charge < -0.3 is 25.0 Å². The Kier molecular flexibility index (Phi) is 6.37. The molecule has 3 aliphatic heterocycles. The third-order valence-electron chi connectivity index (χ3n) is 8.59. The van der Waals surface area contributed by atoms with E-state index in [0.717, 1.165) is 60.5 Å². The Morgan fingerprint density at radius 2 is 1.95 bits per heavy atom. The lowest BCUT2D eigenvalue weighted by Crippen LogP contribution is -2.53. The standard InChI is InChI=1S/C29H39N5O4/c1-19-25-26(32-34(19)17-24(35)31-21-10-13-30-28(2,3)16-21)22-6-4-5-7-23(22)38-29(25)11-14-33(15-12-29)27(36)37-18-20-8-9-20/h4-7,20-21,30H,8-18H2,1-3H3,(H,31,35). The highest BCUT2D eigenvalue weighted by atomic mass is 16.6. The molecule has 1 atom stereocenters. The van der Waals surface area contributed by atoms with Gasteiger partial charge in [0.15, 0.2) is 0 Å². The van der Waals surface area contributed by atoms with Crippen LogP contribution in [-0.2, 0) is 21.7 Å². The maximum atomic E-state index is 13.1. The average Bonchev–Trinajstić information content (AvgIpc) is 3.65. The fourth-order valence-corrected chi connectivity index (χ4v) is 6.32. The highest BCUT2D eigenvalue weighted by Crippen LogP contribution is 2.50. The Bertz CT molecular complexity index is 1230. The first-order valence-corrected chi connectivity index (χ1v) is 14.1. The Morgan fingerprint density at radius 1 is 1.18 bits per heavy atom. The molecule has 38 heavy (non-hydrogen) atoms. The molecule has 1 saturated carbocycles. The van der Waals surface area contributed by atoms with E-state index in [9.17, 15) is 9.59 Å². The molecule has 2 N–H and O–H groups in total. The smallest absolute Gasteiger partial charge is 0.409 e. The van der Waals surface area contributed by atoms with Crippen LogP contribution in [0.3, 0.4) is 0 Å². The van der Waals surface area contributed by atoms with Crippen molar-refractivity contribution in [3.63, 3.8) is 0 Å². The number of amides is 2. The zero-order valence-corrected chi connectivity index (χ0v) is 22.7. The number of nitrogens with one attached hydrogen (secondary N) is 2. The van der Waals surface area contributed by atoms with E-state index in [-0.39, 0.29) is 30.1 Å². The second kappa shape index (κ2) is 9.59. The number of likely N-dealkylation sites (tertiary alicyclic amines) is 1. The zero-order valence-electron chi connectivity index (χ0n) is 22.7. The fourth-order valence-electron chi connectivity index (χ4n) is 6.32. The minimum Gasteiger partial charge on any atom is -0.482 e. The lowest BCUT2D eigenvalue weighted by Gasteiger charge is -2.44. The summed E-state index contributed by atoms with van der Waals surface area (Å²) in [5, 5.41) is 11.7. The third kappa shape index (κ3) is 4.88. The molecule has 9 heteroatoms. The SMILES string of the molecule is Cc1c2c(nn1CC(=O)NC1CCNC(C)(C)C1)-c1ccccc1OC21CCN(C(=O)OCC2CC2)CC1. The number of benzene rings is 1. The van der Waals surface area contributed by atoms with E-state index >= 15 is 0 Å². The van der Waals surface area contributed by atoms with E-state index in [1.54, 1.807) is 4.90 Å². The molecule has 0 radical (unpaired) electrons. The van der Waals surface area contributed by atoms with Crippen molar-refractivity contribution >= 4 is 12.0 Å². The number of ether oxygens (including phenoxy) is 2. The number of aromatic nitrogens is 2. The largest absolute Gasteiger partial charge is 0.482 e. The Balaban J connectivity index is 1.22. The molecule has 3 fully saturated rings. The maximum Gasteiger partial charge on any atom is 0.409 e. The molecule has 2 aromatic rings. The summed E-state index contributed by atoms with van der Waals surface area (Å²) in [4.78, 5) is 27.6. The van der Waals surface area contributed by atoms with Gasteiger partial charge in [-0.2, -0.15) is 5.10 Å². The first-order valence-electron chi connectivity index (χ1n) is 14.1. The topological polar surface area (TPSA) is 97.7 Å². The van der Waals surface area contributed by atoms with E-state index in [1.807, 2.05) is 35.9 Å². The van der Waals surface area contributed by atoms with Crippen LogP contribution in [0.25, 0.3) is 11.3 Å². The molecule has 1 aromatic heterocycles. The Labute approximate surface area is 224 Å². The van der Waals surface area contributed by atoms with Gasteiger partial charge in [-0.05, 0) is 71.0 Å². The highest BCUT2D eigenvalue weighted by Gasteiger charge is 2.47. The van der Waals surface area contributed by atoms with E-state index < -0.39 is 5.60 Å². The molecule has 4 heterocycles. The minimum atomic E-state index is -0.588. The second-order valence-corrected chi connectivity index (χ2v) is 12.1. The van der Waals surface area contributed by atoms with Gasteiger partial charge in [0.05, 0.1) is 6.61 Å². The number of carbonyl (C=O) groups is 2. The average molecular weight is 522 g/mol. The second-order valence-electron chi connectivity index (χ2n) is 12.1. The lowest BCUT2D eigenvalue weighted by atomic mass is 9.79. The lowest BCUT2D eigenvalue weighted by molar-refractivity contribution is -0.122. The number of para-hydroxylation sites is 1. The highest BCUT2D eigenvalue weighted by molar-refractivity contribution is 5.78. The number of piperidine rings is 2. The van der Waals surface area contributed by atoms with Crippen LogP contribution in [0.5, 0.6) is 5.75 Å². The van der Waals surface area contributed by atoms with Gasteiger partial charge >= 0.3 is 6.09 Å². The number of nitrogens with zero attached hydrogens (tertiary/aromatic N) is 3. The summed E-state index contributed by atoms with van der Waals surface area (Å²) in [5.41, 5.74) is 3.24. The van der Waals surface area contributed by atoms with Crippen molar-refractivity contribution in [3.05, 3.63) is 35.5 Å². The summed E-state index contributed by atoms with van der Waals surface area (Å²) in [7, 11) is 0. The molecule has 4 aliphatic rings. The van der Waals surface area contributed by atoms with E-state index in [4.69, 9.17) is 14.6 Å². The van der Waals surface area contributed by atoms with Gasteiger partial charge in [-0.15, -0.1) is 0 Å². The van der Waals surface area contributed by atoms with Crippen LogP contribution >= 0.6 is 0 Å². The van der Waals surface area contributed by atoms with Crippen molar-refractivity contribution in [1.82, 2.24) is 25.3 Å². The van der Waals surface area contributed by atoms with E-state index in [2.05, 4.69) is 24.5 Å². The molecular weight excluding hydrogens is 482 g/mol. The molecule has 1 aromatic carbocycles. The summed E-state index contributed by atoms with van der Waals surface area (Å²) < 4.78 is 14.1. The van der Waals surface area contributed by atoms with Crippen LogP contribution in [0, 0.1) is 12.8 Å². The summed E-state index contributed by atoms with van der Waals surface area (Å²) in [5.74, 6) is 1.32. The van der Waals surface area contributed by atoms with Crippen LogP contribution in [-0.4, -0.2) is 64.5 Å². The van der Waals surface area contributed by atoms with Crippen molar-refractivity contribution in [2.24, 2.45) is 5.92 Å². The molecule has 9 nitrogen and oxygen atoms in total. The van der Waals surface area contributed by atoms with Crippen molar-refractivity contribution < 1.29 is 19.1 Å². The van der Waals surface area contributed by atoms with E-state index in [0.29, 0.717) is 38.5 Å². The summed E-state index contributed by atoms with van der Waals surface area (Å²) in [6, 6.07) is 8.13. The summed E-state index contributed by atoms with van der Waals surface area (Å²) in [6.45, 7) is 9.08. The molecule has 1 aliphatic carbocycles. The molecule has 1 spiro atoms. The predicted octanol–water partition coefficient (Wildman–Crippen LogP) is 3.74. The zero-order chi connectivity index (χ0) is 26.5. The van der Waals surface area contributed by atoms with Gasteiger partial charge in [0.2, 0.25) is 5.91 Å². The van der Waals surface area contributed by atoms with Crippen molar-refractivity contribution in [2.75, 3.05) is 26.2 Å². The van der Waals surface area contributed by atoms with Crippen LogP contribution in [0.4, 0.5) is 4.79 Å². The van der Waals surface area contributed by atoms with Gasteiger partial charge in [-0.3, -0.25) is 9.48 Å². The summed E-state index contributed by atoms with van der Waals surface area (Å²) in [6.07, 6.45) is 5.21. The van der Waals surface area contributed by atoms with Gasteiger partial charge in [-0.25, -0.2) is 4.79 Å². The van der Waals surface area contributed by atoms with Gasteiger partial charge in [0.1, 0.15) is 23.6 Å². The van der Waals surface area contributed by atoms with Crippen molar-refractivity contribution in [2.45, 2.75) is 83.0 Å². The third-order valence-corrected chi connectivity index (χ3v) is 8.59. The van der Waals surface area contributed by atoms with Gasteiger partial charge in [-0.1, -0.05) is 12.1 Å². The number of fused-ring (bicyclic) bond motifs is 4. The van der Waals surface area contributed by atoms with E-state index in [1.165, 1.54) is 0 Å². The molecule has 1 unspecified atom stereocenters. The summed E-state index contributed by atoms with van der Waals surface area (Å²) >= 11 is 0. The van der Waals surface area contributed by atoms with Gasteiger partial charge in [0, 0.05) is 54.3 Å². The number of hydrogen-bond donors (Lipinski definition) is 2. The van der Waals surface area contributed by atoms with Gasteiger partial charge in [0.25, 0.3) is 0 Å². The van der Waals surface area contributed by atoms with Crippen molar-refractivity contribution in [3.8, 4) is 17.0 Å². The molecular formula is C29H39N5O4. The monoisotopic (exact) mass is 521 g/mol. The molecule has 6 rings (SSSR count). The first kappa shape index (κ1) is 25.2. The Morgan fingerprint density at radius 3 is 2.68 bits per heavy atom. The molecule has 204 valence electrons.